The molecule has 0 amide bonds. The van der Waals surface area contributed by atoms with Crippen molar-refractivity contribution in [1.82, 2.24) is 4.90 Å². The predicted octanol–water partition coefficient (Wildman–Crippen LogP) is 5.31. The smallest absolute Gasteiger partial charge is 0.417 e. The van der Waals surface area contributed by atoms with Crippen LogP contribution in [0.2, 0.25) is 5.02 Å². The topological polar surface area (TPSA) is 40.5 Å². The molecule has 0 aliphatic carbocycles. The second-order valence-electron chi connectivity index (χ2n) is 6.30. The molecule has 0 radical (unpaired) electrons. The summed E-state index contributed by atoms with van der Waals surface area (Å²) >= 11 is 7.23. The Balaban J connectivity index is 1.95. The number of carboxylic acids is 1. The zero-order valence-corrected chi connectivity index (χ0v) is 15.2. The standard InChI is InChI=1S/C18H17ClF3NO2S/c19-14-4-3-12(10-13(14)18(20,21)22)16(15-2-1-9-26-15)23-7-5-11(6-8-23)17(24)25/h1-4,9-11,16H,5-8H2,(H,24,25). The van der Waals surface area contributed by atoms with Crippen LogP contribution in [0.1, 0.15) is 34.9 Å². The van der Waals surface area contributed by atoms with Crippen LogP contribution in [0.25, 0.3) is 0 Å². The highest BCUT2D eigenvalue weighted by molar-refractivity contribution is 7.10. The van der Waals surface area contributed by atoms with Gasteiger partial charge in [0.15, 0.2) is 0 Å². The number of likely N-dealkylation sites (tertiary alicyclic amines) is 1. The fraction of sp³-hybridized carbons (Fsp3) is 0.389. The van der Waals surface area contributed by atoms with E-state index < -0.39 is 23.6 Å². The first-order valence-electron chi connectivity index (χ1n) is 8.14. The van der Waals surface area contributed by atoms with Crippen molar-refractivity contribution in [3.8, 4) is 0 Å². The van der Waals surface area contributed by atoms with Crippen LogP contribution in [0.3, 0.4) is 0 Å². The van der Waals surface area contributed by atoms with Crippen LogP contribution < -0.4 is 0 Å². The van der Waals surface area contributed by atoms with Gasteiger partial charge >= 0.3 is 12.1 Å². The van der Waals surface area contributed by atoms with Crippen molar-refractivity contribution in [3.05, 3.63) is 56.7 Å². The Kier molecular flexibility index (Phi) is 5.60. The van der Waals surface area contributed by atoms with E-state index in [-0.39, 0.29) is 11.1 Å². The fourth-order valence-electron chi connectivity index (χ4n) is 3.34. The number of halogens is 4. The normalized spacial score (nSPS) is 18.0. The Labute approximate surface area is 158 Å². The zero-order valence-electron chi connectivity index (χ0n) is 13.7. The van der Waals surface area contributed by atoms with Gasteiger partial charge in [-0.3, -0.25) is 9.69 Å². The van der Waals surface area contributed by atoms with Crippen molar-refractivity contribution in [2.75, 3.05) is 13.1 Å². The summed E-state index contributed by atoms with van der Waals surface area (Å²) in [6.45, 7) is 1.03. The molecule has 1 aromatic heterocycles. The highest BCUT2D eigenvalue weighted by Gasteiger charge is 2.36. The minimum atomic E-state index is -4.52. The number of aliphatic carboxylic acids is 1. The summed E-state index contributed by atoms with van der Waals surface area (Å²) in [7, 11) is 0. The maximum absolute atomic E-state index is 13.3. The number of thiophene rings is 1. The molecule has 2 aromatic rings. The molecule has 1 aromatic carbocycles. The van der Waals surface area contributed by atoms with Gasteiger partial charge < -0.3 is 5.11 Å². The molecule has 3 rings (SSSR count). The third-order valence-corrected chi connectivity index (χ3v) is 5.92. The maximum Gasteiger partial charge on any atom is 0.417 e. The lowest BCUT2D eigenvalue weighted by Gasteiger charge is -2.36. The summed E-state index contributed by atoms with van der Waals surface area (Å²) in [6.07, 6.45) is -3.56. The number of benzene rings is 1. The predicted molar refractivity (Wildman–Crippen MR) is 94.5 cm³/mol. The van der Waals surface area contributed by atoms with Gasteiger partial charge in [-0.1, -0.05) is 23.7 Å². The van der Waals surface area contributed by atoms with Crippen molar-refractivity contribution < 1.29 is 23.1 Å². The van der Waals surface area contributed by atoms with Crippen molar-refractivity contribution >= 4 is 28.9 Å². The van der Waals surface area contributed by atoms with E-state index in [0.717, 1.165) is 10.9 Å². The van der Waals surface area contributed by atoms with E-state index in [0.29, 0.717) is 31.5 Å². The van der Waals surface area contributed by atoms with Gasteiger partial charge in [-0.25, -0.2) is 0 Å². The summed E-state index contributed by atoms with van der Waals surface area (Å²) in [6, 6.07) is 7.41. The Morgan fingerprint density at radius 2 is 1.96 bits per heavy atom. The Morgan fingerprint density at radius 3 is 2.50 bits per heavy atom. The third kappa shape index (κ3) is 4.05. The lowest BCUT2D eigenvalue weighted by Crippen LogP contribution is -2.39. The Bertz CT molecular complexity index is 771. The summed E-state index contributed by atoms with van der Waals surface area (Å²) in [5, 5.41) is 10.7. The largest absolute Gasteiger partial charge is 0.481 e. The summed E-state index contributed by atoms with van der Waals surface area (Å²) in [4.78, 5) is 14.1. The first-order valence-corrected chi connectivity index (χ1v) is 9.40. The molecule has 1 aliphatic rings. The maximum atomic E-state index is 13.3. The highest BCUT2D eigenvalue weighted by atomic mass is 35.5. The molecule has 1 aliphatic heterocycles. The molecule has 3 nitrogen and oxygen atoms in total. The first kappa shape index (κ1) is 19.2. The molecule has 1 atom stereocenters. The molecule has 8 heteroatoms. The number of hydrogen-bond donors (Lipinski definition) is 1. The minimum Gasteiger partial charge on any atom is -0.481 e. The van der Waals surface area contributed by atoms with Gasteiger partial charge in [0, 0.05) is 4.88 Å². The van der Waals surface area contributed by atoms with E-state index >= 15 is 0 Å². The van der Waals surface area contributed by atoms with E-state index in [4.69, 9.17) is 16.7 Å². The molecule has 140 valence electrons. The SMILES string of the molecule is O=C(O)C1CCN(C(c2ccc(Cl)c(C(F)(F)F)c2)c2cccs2)CC1. The van der Waals surface area contributed by atoms with Crippen molar-refractivity contribution in [3.63, 3.8) is 0 Å². The zero-order chi connectivity index (χ0) is 18.9. The molecule has 1 N–H and O–H groups in total. The summed E-state index contributed by atoms with van der Waals surface area (Å²) in [5.74, 6) is -1.21. The Hall–Kier alpha value is -1.57. The van der Waals surface area contributed by atoms with Gasteiger partial charge in [-0.15, -0.1) is 11.3 Å². The average Bonchev–Trinajstić information content (AvgIpc) is 3.10. The number of hydrogen-bond acceptors (Lipinski definition) is 3. The van der Waals surface area contributed by atoms with Crippen LogP contribution in [-0.2, 0) is 11.0 Å². The van der Waals surface area contributed by atoms with Gasteiger partial charge in [0.1, 0.15) is 0 Å². The van der Waals surface area contributed by atoms with Gasteiger partial charge in [0.2, 0.25) is 0 Å². The molecular formula is C18H17ClF3NO2S. The second kappa shape index (κ2) is 7.58. The monoisotopic (exact) mass is 403 g/mol. The van der Waals surface area contributed by atoms with Gasteiger partial charge in [-0.05, 0) is 55.1 Å². The van der Waals surface area contributed by atoms with Crippen LogP contribution in [-0.4, -0.2) is 29.1 Å². The fourth-order valence-corrected chi connectivity index (χ4v) is 4.45. The van der Waals surface area contributed by atoms with Gasteiger partial charge in [0.05, 0.1) is 22.5 Å². The van der Waals surface area contributed by atoms with Crippen LogP contribution in [0, 0.1) is 5.92 Å². The molecule has 2 heterocycles. The molecule has 0 spiro atoms. The summed E-state index contributed by atoms with van der Waals surface area (Å²) < 4.78 is 39.8. The van der Waals surface area contributed by atoms with Crippen molar-refractivity contribution in [2.45, 2.75) is 25.1 Å². The molecule has 0 bridgehead atoms. The van der Waals surface area contributed by atoms with Crippen molar-refractivity contribution in [2.24, 2.45) is 5.92 Å². The van der Waals surface area contributed by atoms with Crippen molar-refractivity contribution in [1.29, 1.82) is 0 Å². The molecule has 1 saturated heterocycles. The molecule has 1 unspecified atom stereocenters. The number of piperidine rings is 1. The first-order chi connectivity index (χ1) is 12.3. The van der Waals surface area contributed by atoms with E-state index in [9.17, 15) is 18.0 Å². The summed E-state index contributed by atoms with van der Waals surface area (Å²) in [5.41, 5.74) is -0.336. The van der Waals surface area contributed by atoms with E-state index in [2.05, 4.69) is 4.90 Å². The molecule has 1 fully saturated rings. The van der Waals surface area contributed by atoms with Gasteiger partial charge in [-0.2, -0.15) is 13.2 Å². The molecule has 26 heavy (non-hydrogen) atoms. The quantitative estimate of drug-likeness (QED) is 0.752. The van der Waals surface area contributed by atoms with Crippen LogP contribution >= 0.6 is 22.9 Å². The van der Waals surface area contributed by atoms with E-state index in [1.54, 1.807) is 6.07 Å². The molecule has 0 saturated carbocycles. The van der Waals surface area contributed by atoms with Crippen LogP contribution in [0.5, 0.6) is 0 Å². The minimum absolute atomic E-state index is 0.323. The number of alkyl halides is 3. The third-order valence-electron chi connectivity index (χ3n) is 4.67. The molecular weight excluding hydrogens is 387 g/mol. The lowest BCUT2D eigenvalue weighted by atomic mass is 9.93. The number of carbonyl (C=O) groups is 1. The van der Waals surface area contributed by atoms with Crippen LogP contribution in [0.4, 0.5) is 13.2 Å². The highest BCUT2D eigenvalue weighted by Crippen LogP contribution is 2.40. The second-order valence-corrected chi connectivity index (χ2v) is 7.69. The van der Waals surface area contributed by atoms with E-state index in [1.807, 2.05) is 17.5 Å². The Morgan fingerprint density at radius 1 is 1.27 bits per heavy atom. The average molecular weight is 404 g/mol. The lowest BCUT2D eigenvalue weighted by molar-refractivity contribution is -0.143. The number of carboxylic acid groups (broad SMARTS) is 1. The number of nitrogens with zero attached hydrogens (tertiary/aromatic N) is 1. The number of rotatable bonds is 4. The van der Waals surface area contributed by atoms with Crippen LogP contribution in [0.15, 0.2) is 35.7 Å². The van der Waals surface area contributed by atoms with E-state index in [1.165, 1.54) is 17.4 Å². The van der Waals surface area contributed by atoms with Gasteiger partial charge in [0.25, 0.3) is 0 Å².